The number of aromatic nitrogens is 1. The van der Waals surface area contributed by atoms with Crippen LogP contribution in [0.2, 0.25) is 0 Å². The molecule has 5 rings (SSSR count). The van der Waals surface area contributed by atoms with E-state index in [1.54, 1.807) is 6.20 Å². The van der Waals surface area contributed by atoms with Crippen LogP contribution in [0, 0.1) is 0 Å². The fourth-order valence-corrected chi connectivity index (χ4v) is 4.55. The Hall–Kier alpha value is -2.66. The molecule has 0 fully saturated rings. The lowest BCUT2D eigenvalue weighted by molar-refractivity contribution is -0.126. The lowest BCUT2D eigenvalue weighted by Crippen LogP contribution is -2.34. The van der Waals surface area contributed by atoms with Crippen molar-refractivity contribution in [3.05, 3.63) is 70.6 Å². The monoisotopic (exact) mass is 375 g/mol. The molecule has 1 amide bonds. The SMILES string of the molecule is CC(c1ccc2c(c1)OCC2)N1CCC2=C(CN(Cc3ccccn3)C2=O)C1. The number of rotatable bonds is 4. The molecule has 1 aromatic heterocycles. The fourth-order valence-electron chi connectivity index (χ4n) is 4.55. The van der Waals surface area contributed by atoms with E-state index in [4.69, 9.17) is 4.74 Å². The first-order chi connectivity index (χ1) is 13.7. The van der Waals surface area contributed by atoms with Gasteiger partial charge in [-0.2, -0.15) is 0 Å². The zero-order valence-electron chi connectivity index (χ0n) is 16.2. The van der Waals surface area contributed by atoms with Crippen LogP contribution < -0.4 is 4.74 Å². The van der Waals surface area contributed by atoms with E-state index in [1.165, 1.54) is 16.7 Å². The van der Waals surface area contributed by atoms with Gasteiger partial charge >= 0.3 is 0 Å². The van der Waals surface area contributed by atoms with E-state index in [0.29, 0.717) is 12.6 Å². The molecule has 0 saturated heterocycles. The van der Waals surface area contributed by atoms with E-state index in [-0.39, 0.29) is 5.91 Å². The molecule has 5 heteroatoms. The third-order valence-corrected chi connectivity index (χ3v) is 6.23. The van der Waals surface area contributed by atoms with Gasteiger partial charge in [-0.3, -0.25) is 14.7 Å². The van der Waals surface area contributed by atoms with Crippen LogP contribution >= 0.6 is 0 Å². The Labute approximate surface area is 165 Å². The van der Waals surface area contributed by atoms with E-state index < -0.39 is 0 Å². The molecule has 144 valence electrons. The van der Waals surface area contributed by atoms with Crippen LogP contribution in [0.15, 0.2) is 53.7 Å². The predicted octanol–water partition coefficient (Wildman–Crippen LogP) is 3.12. The summed E-state index contributed by atoms with van der Waals surface area (Å²) in [6, 6.07) is 12.8. The number of nitrogens with zero attached hydrogens (tertiary/aromatic N) is 3. The van der Waals surface area contributed by atoms with Crippen molar-refractivity contribution in [3.8, 4) is 5.75 Å². The van der Waals surface area contributed by atoms with Crippen molar-refractivity contribution < 1.29 is 9.53 Å². The van der Waals surface area contributed by atoms with Gasteiger partial charge in [0.2, 0.25) is 0 Å². The zero-order valence-corrected chi connectivity index (χ0v) is 16.2. The van der Waals surface area contributed by atoms with E-state index >= 15 is 0 Å². The third-order valence-electron chi connectivity index (χ3n) is 6.23. The maximum Gasteiger partial charge on any atom is 0.250 e. The summed E-state index contributed by atoms with van der Waals surface area (Å²) in [6.45, 7) is 6.14. The van der Waals surface area contributed by atoms with Gasteiger partial charge in [-0.1, -0.05) is 18.2 Å². The van der Waals surface area contributed by atoms with Crippen LogP contribution in [0.3, 0.4) is 0 Å². The van der Waals surface area contributed by atoms with Gasteiger partial charge in [-0.15, -0.1) is 0 Å². The Morgan fingerprint density at radius 1 is 1.18 bits per heavy atom. The second kappa shape index (κ2) is 7.06. The summed E-state index contributed by atoms with van der Waals surface area (Å²) in [6.07, 6.45) is 3.63. The molecule has 3 aliphatic heterocycles. The van der Waals surface area contributed by atoms with Gasteiger partial charge in [0.05, 0.1) is 18.8 Å². The minimum absolute atomic E-state index is 0.193. The highest BCUT2D eigenvalue weighted by molar-refractivity contribution is 5.97. The summed E-state index contributed by atoms with van der Waals surface area (Å²) >= 11 is 0. The quantitative estimate of drug-likeness (QED) is 0.824. The molecule has 1 atom stereocenters. The highest BCUT2D eigenvalue weighted by atomic mass is 16.5. The zero-order chi connectivity index (χ0) is 19.1. The van der Waals surface area contributed by atoms with Gasteiger partial charge in [0, 0.05) is 43.9 Å². The van der Waals surface area contributed by atoms with Gasteiger partial charge in [0.25, 0.3) is 5.91 Å². The van der Waals surface area contributed by atoms with Crippen molar-refractivity contribution in [2.24, 2.45) is 0 Å². The Morgan fingerprint density at radius 3 is 2.96 bits per heavy atom. The van der Waals surface area contributed by atoms with E-state index in [9.17, 15) is 4.79 Å². The normalized spacial score (nSPS) is 20.2. The van der Waals surface area contributed by atoms with Crippen LogP contribution in [0.25, 0.3) is 0 Å². The first-order valence-electron chi connectivity index (χ1n) is 10.1. The summed E-state index contributed by atoms with van der Waals surface area (Å²) in [7, 11) is 0. The van der Waals surface area contributed by atoms with Crippen molar-refractivity contribution in [1.29, 1.82) is 0 Å². The van der Waals surface area contributed by atoms with Crippen molar-refractivity contribution >= 4 is 5.91 Å². The Morgan fingerprint density at radius 2 is 2.11 bits per heavy atom. The molecule has 2 aromatic rings. The lowest BCUT2D eigenvalue weighted by atomic mass is 9.98. The maximum atomic E-state index is 12.8. The van der Waals surface area contributed by atoms with Crippen molar-refractivity contribution in [2.45, 2.75) is 32.4 Å². The number of benzene rings is 1. The number of fused-ring (bicyclic) bond motifs is 1. The number of pyridine rings is 1. The lowest BCUT2D eigenvalue weighted by Gasteiger charge is -2.33. The van der Waals surface area contributed by atoms with Crippen molar-refractivity contribution in [1.82, 2.24) is 14.8 Å². The average molecular weight is 375 g/mol. The number of amides is 1. The minimum atomic E-state index is 0.193. The van der Waals surface area contributed by atoms with Crippen molar-refractivity contribution in [3.63, 3.8) is 0 Å². The second-order valence-corrected chi connectivity index (χ2v) is 7.93. The summed E-state index contributed by atoms with van der Waals surface area (Å²) in [4.78, 5) is 21.6. The van der Waals surface area contributed by atoms with Crippen LogP contribution in [-0.4, -0.2) is 46.9 Å². The molecule has 0 saturated carbocycles. The predicted molar refractivity (Wildman–Crippen MR) is 107 cm³/mol. The number of carbonyl (C=O) groups is 1. The topological polar surface area (TPSA) is 45.7 Å². The molecule has 4 heterocycles. The molecule has 0 spiro atoms. The molecule has 1 unspecified atom stereocenters. The molecule has 0 radical (unpaired) electrons. The molecular weight excluding hydrogens is 350 g/mol. The first kappa shape index (κ1) is 17.4. The maximum absolute atomic E-state index is 12.8. The summed E-state index contributed by atoms with van der Waals surface area (Å²) in [5.41, 5.74) is 5.85. The molecule has 3 aliphatic rings. The molecule has 0 aliphatic carbocycles. The summed E-state index contributed by atoms with van der Waals surface area (Å²) in [5.74, 6) is 1.23. The highest BCUT2D eigenvalue weighted by Crippen LogP contribution is 2.34. The molecule has 5 nitrogen and oxygen atoms in total. The number of carbonyl (C=O) groups excluding carboxylic acids is 1. The standard InChI is InChI=1S/C23H25N3O2/c1-16(18-6-5-17-8-11-28-22(17)12-18)25-10-7-21-19(13-25)14-26(23(21)27)15-20-4-2-3-9-24-20/h2-6,9,12,16H,7-8,10-11,13-15H2,1H3. The first-order valence-corrected chi connectivity index (χ1v) is 10.1. The smallest absolute Gasteiger partial charge is 0.250 e. The molecule has 0 N–H and O–H groups in total. The van der Waals surface area contributed by atoms with Crippen LogP contribution in [0.1, 0.15) is 36.2 Å². The Bertz CT molecular complexity index is 938. The van der Waals surface area contributed by atoms with Gasteiger partial charge in [0.15, 0.2) is 0 Å². The third kappa shape index (κ3) is 3.10. The second-order valence-electron chi connectivity index (χ2n) is 7.93. The molecule has 1 aromatic carbocycles. The van der Waals surface area contributed by atoms with Gasteiger partial charge < -0.3 is 9.64 Å². The number of hydrogen-bond acceptors (Lipinski definition) is 4. The Kier molecular flexibility index (Phi) is 4.40. The highest BCUT2D eigenvalue weighted by Gasteiger charge is 2.35. The molecule has 28 heavy (non-hydrogen) atoms. The van der Waals surface area contributed by atoms with Crippen LogP contribution in [0.4, 0.5) is 0 Å². The number of ether oxygens (including phenoxy) is 1. The van der Waals surface area contributed by atoms with Crippen molar-refractivity contribution in [2.75, 3.05) is 26.2 Å². The van der Waals surface area contributed by atoms with Gasteiger partial charge in [-0.25, -0.2) is 0 Å². The van der Waals surface area contributed by atoms with Gasteiger partial charge in [-0.05, 0) is 48.2 Å². The van der Waals surface area contributed by atoms with E-state index in [1.807, 2.05) is 23.1 Å². The van der Waals surface area contributed by atoms with Gasteiger partial charge in [0.1, 0.15) is 5.75 Å². The van der Waals surface area contributed by atoms with Crippen LogP contribution in [-0.2, 0) is 17.8 Å². The number of hydrogen-bond donors (Lipinski definition) is 0. The Balaban J connectivity index is 1.28. The molecule has 0 bridgehead atoms. The largest absolute Gasteiger partial charge is 0.493 e. The average Bonchev–Trinajstić information content (AvgIpc) is 3.32. The van der Waals surface area contributed by atoms with Crippen LogP contribution in [0.5, 0.6) is 5.75 Å². The summed E-state index contributed by atoms with van der Waals surface area (Å²) in [5, 5.41) is 0. The minimum Gasteiger partial charge on any atom is -0.493 e. The summed E-state index contributed by atoms with van der Waals surface area (Å²) < 4.78 is 5.75. The fraction of sp³-hybridized carbons (Fsp3) is 0.391. The molecular formula is C23H25N3O2. The van der Waals surface area contributed by atoms with E-state index in [2.05, 4.69) is 35.0 Å². The van der Waals surface area contributed by atoms with E-state index in [0.717, 1.165) is 56.1 Å².